The minimum absolute atomic E-state index is 0.0210. The fraction of sp³-hybridized carbons (Fsp3) is 0.233. The van der Waals surface area contributed by atoms with Crippen molar-refractivity contribution < 1.29 is 14.4 Å². The molecule has 3 aromatic carbocycles. The van der Waals surface area contributed by atoms with Crippen molar-refractivity contribution in [2.75, 3.05) is 13.1 Å². The number of piperazine rings is 1. The zero-order chi connectivity index (χ0) is 25.1. The monoisotopic (exact) mass is 479 g/mol. The van der Waals surface area contributed by atoms with Crippen LogP contribution in [0.1, 0.15) is 45.3 Å². The Hall–Kier alpha value is -4.19. The maximum Gasteiger partial charge on any atom is 0.270 e. The number of benzene rings is 3. The molecule has 0 unspecified atom stereocenters. The van der Waals surface area contributed by atoms with Gasteiger partial charge in [-0.25, -0.2) is 0 Å². The largest absolute Gasteiger partial charge is 0.351 e. The number of Topliss-reactive ketones (excluding diaryl/α,β-unsaturated/α-hetero) is 1. The van der Waals surface area contributed by atoms with Crippen LogP contribution < -0.4 is 0 Å². The lowest BCUT2D eigenvalue weighted by Gasteiger charge is -2.41. The zero-order valence-electron chi connectivity index (χ0n) is 20.3. The summed E-state index contributed by atoms with van der Waals surface area (Å²) in [6, 6.07) is 27.2. The molecule has 0 aliphatic carbocycles. The van der Waals surface area contributed by atoms with Crippen molar-refractivity contribution in [3.63, 3.8) is 0 Å². The molecule has 1 aliphatic rings. The van der Waals surface area contributed by atoms with E-state index >= 15 is 0 Å². The normalized spacial score (nSPS) is 15.9. The van der Waals surface area contributed by atoms with Gasteiger partial charge in [-0.15, -0.1) is 0 Å². The highest BCUT2D eigenvalue weighted by Crippen LogP contribution is 2.23. The number of aromatic nitrogens is 1. The van der Waals surface area contributed by atoms with E-state index < -0.39 is 0 Å². The SMILES string of the molecule is CC(=O)c1ccc2[nH]c(C(=O)N3CC(=O)N(Cc4ccccc4)[C@@H](CCc4ccccc4)C3)cc2c1. The minimum Gasteiger partial charge on any atom is -0.351 e. The fourth-order valence-corrected chi connectivity index (χ4v) is 4.89. The van der Waals surface area contributed by atoms with Crippen LogP contribution in [0.3, 0.4) is 0 Å². The Bertz CT molecular complexity index is 1400. The number of nitrogens with zero attached hydrogens (tertiary/aromatic N) is 2. The van der Waals surface area contributed by atoms with Gasteiger partial charge in [0.15, 0.2) is 5.78 Å². The van der Waals surface area contributed by atoms with Gasteiger partial charge in [0.1, 0.15) is 12.2 Å². The summed E-state index contributed by atoms with van der Waals surface area (Å²) in [5, 5.41) is 0.806. The quantitative estimate of drug-likeness (QED) is 0.385. The number of aromatic amines is 1. The first-order chi connectivity index (χ1) is 17.5. The third-order valence-corrected chi connectivity index (χ3v) is 6.87. The molecule has 0 spiro atoms. The molecule has 1 fully saturated rings. The third kappa shape index (κ3) is 5.08. The van der Waals surface area contributed by atoms with Crippen molar-refractivity contribution in [3.8, 4) is 0 Å². The number of aryl methyl sites for hydroxylation is 1. The molecule has 1 saturated heterocycles. The molecule has 0 saturated carbocycles. The highest BCUT2D eigenvalue weighted by atomic mass is 16.2. The number of amides is 2. The van der Waals surface area contributed by atoms with Crippen LogP contribution in [0.25, 0.3) is 10.9 Å². The van der Waals surface area contributed by atoms with Gasteiger partial charge in [0.05, 0.1) is 6.04 Å². The predicted octanol–water partition coefficient (Wildman–Crippen LogP) is 4.86. The molecule has 0 bridgehead atoms. The molecule has 2 heterocycles. The van der Waals surface area contributed by atoms with E-state index in [2.05, 4.69) is 17.1 Å². The lowest BCUT2D eigenvalue weighted by Crippen LogP contribution is -2.57. The number of hydrogen-bond donors (Lipinski definition) is 1. The lowest BCUT2D eigenvalue weighted by atomic mass is 10.0. The van der Waals surface area contributed by atoms with Crippen LogP contribution in [0.4, 0.5) is 0 Å². The fourth-order valence-electron chi connectivity index (χ4n) is 4.89. The molecular formula is C30H29N3O3. The number of nitrogens with one attached hydrogen (secondary N) is 1. The summed E-state index contributed by atoms with van der Waals surface area (Å²) in [6.07, 6.45) is 1.59. The maximum atomic E-state index is 13.5. The molecule has 36 heavy (non-hydrogen) atoms. The van der Waals surface area contributed by atoms with Crippen molar-refractivity contribution in [1.82, 2.24) is 14.8 Å². The Labute approximate surface area is 210 Å². The highest BCUT2D eigenvalue weighted by Gasteiger charge is 2.35. The second-order valence-corrected chi connectivity index (χ2v) is 9.41. The average Bonchev–Trinajstić information content (AvgIpc) is 3.33. The highest BCUT2D eigenvalue weighted by molar-refractivity contribution is 6.02. The van der Waals surface area contributed by atoms with E-state index in [9.17, 15) is 14.4 Å². The Kier molecular flexibility index (Phi) is 6.67. The van der Waals surface area contributed by atoms with E-state index in [-0.39, 0.29) is 30.2 Å². The molecule has 1 atom stereocenters. The topological polar surface area (TPSA) is 73.5 Å². The van der Waals surface area contributed by atoms with E-state index in [1.807, 2.05) is 59.5 Å². The predicted molar refractivity (Wildman–Crippen MR) is 140 cm³/mol. The van der Waals surface area contributed by atoms with Crippen molar-refractivity contribution in [2.45, 2.75) is 32.4 Å². The maximum absolute atomic E-state index is 13.5. The van der Waals surface area contributed by atoms with Crippen LogP contribution in [0, 0.1) is 0 Å². The van der Waals surface area contributed by atoms with Gasteiger partial charge in [-0.3, -0.25) is 14.4 Å². The molecule has 1 aromatic heterocycles. The first-order valence-corrected chi connectivity index (χ1v) is 12.3. The first kappa shape index (κ1) is 23.5. The summed E-state index contributed by atoms with van der Waals surface area (Å²) in [4.78, 5) is 45.3. The first-order valence-electron chi connectivity index (χ1n) is 12.3. The van der Waals surface area contributed by atoms with Crippen LogP contribution >= 0.6 is 0 Å². The van der Waals surface area contributed by atoms with E-state index in [4.69, 9.17) is 0 Å². The van der Waals surface area contributed by atoms with Crippen LogP contribution in [0.5, 0.6) is 0 Å². The van der Waals surface area contributed by atoms with Crippen LogP contribution in [-0.4, -0.2) is 51.5 Å². The van der Waals surface area contributed by atoms with Gasteiger partial charge >= 0.3 is 0 Å². The van der Waals surface area contributed by atoms with E-state index in [1.54, 1.807) is 23.1 Å². The Morgan fingerprint density at radius 1 is 0.917 bits per heavy atom. The molecule has 0 radical (unpaired) electrons. The molecule has 1 aliphatic heterocycles. The van der Waals surface area contributed by atoms with Gasteiger partial charge in [0, 0.05) is 29.6 Å². The molecule has 6 nitrogen and oxygen atoms in total. The molecule has 4 aromatic rings. The summed E-state index contributed by atoms with van der Waals surface area (Å²) < 4.78 is 0. The standard InChI is InChI=1S/C30H29N3O3/c1-21(34)24-13-15-27-25(16-24)17-28(31-27)30(36)32-19-26(14-12-22-8-4-2-5-9-22)33(29(35)20-32)18-23-10-6-3-7-11-23/h2-11,13,15-17,26,31H,12,14,18-20H2,1H3/t26-/m0/s1. The summed E-state index contributed by atoms with van der Waals surface area (Å²) in [5.41, 5.74) is 4.11. The second-order valence-electron chi connectivity index (χ2n) is 9.41. The van der Waals surface area contributed by atoms with Crippen molar-refractivity contribution >= 4 is 28.5 Å². The van der Waals surface area contributed by atoms with Gasteiger partial charge in [-0.2, -0.15) is 0 Å². The summed E-state index contributed by atoms with van der Waals surface area (Å²) in [5.74, 6) is -0.271. The molecule has 2 amide bonds. The smallest absolute Gasteiger partial charge is 0.270 e. The van der Waals surface area contributed by atoms with E-state index in [0.29, 0.717) is 24.3 Å². The lowest BCUT2D eigenvalue weighted by molar-refractivity contribution is -0.139. The summed E-state index contributed by atoms with van der Waals surface area (Å²) >= 11 is 0. The Morgan fingerprint density at radius 2 is 1.61 bits per heavy atom. The number of hydrogen-bond acceptors (Lipinski definition) is 3. The number of rotatable bonds is 7. The number of carbonyl (C=O) groups excluding carboxylic acids is 3. The Balaban J connectivity index is 1.38. The van der Waals surface area contributed by atoms with Crippen molar-refractivity contribution in [1.29, 1.82) is 0 Å². The van der Waals surface area contributed by atoms with Gasteiger partial charge in [-0.1, -0.05) is 60.7 Å². The summed E-state index contributed by atoms with van der Waals surface area (Å²) in [6.45, 7) is 2.57. The van der Waals surface area contributed by atoms with Gasteiger partial charge in [0.2, 0.25) is 5.91 Å². The van der Waals surface area contributed by atoms with Crippen LogP contribution in [0.15, 0.2) is 84.9 Å². The van der Waals surface area contributed by atoms with Crippen molar-refractivity contribution in [3.05, 3.63) is 107 Å². The number of carbonyl (C=O) groups is 3. The Morgan fingerprint density at radius 3 is 2.31 bits per heavy atom. The molecule has 5 rings (SSSR count). The van der Waals surface area contributed by atoms with Crippen LogP contribution in [-0.2, 0) is 17.8 Å². The molecule has 6 heteroatoms. The molecular weight excluding hydrogens is 450 g/mol. The third-order valence-electron chi connectivity index (χ3n) is 6.87. The van der Waals surface area contributed by atoms with Gasteiger partial charge < -0.3 is 14.8 Å². The summed E-state index contributed by atoms with van der Waals surface area (Å²) in [7, 11) is 0. The number of ketones is 1. The van der Waals surface area contributed by atoms with E-state index in [0.717, 1.165) is 29.3 Å². The van der Waals surface area contributed by atoms with Gasteiger partial charge in [-0.05, 0) is 55.2 Å². The minimum atomic E-state index is -0.201. The molecule has 182 valence electrons. The van der Waals surface area contributed by atoms with Crippen LogP contribution in [0.2, 0.25) is 0 Å². The zero-order valence-corrected chi connectivity index (χ0v) is 20.3. The second kappa shape index (κ2) is 10.2. The number of H-pyrrole nitrogens is 1. The average molecular weight is 480 g/mol. The van der Waals surface area contributed by atoms with Crippen molar-refractivity contribution in [2.24, 2.45) is 0 Å². The van der Waals surface area contributed by atoms with Gasteiger partial charge in [0.25, 0.3) is 5.91 Å². The molecule has 1 N–H and O–H groups in total. The van der Waals surface area contributed by atoms with E-state index in [1.165, 1.54) is 12.5 Å². The number of fused-ring (bicyclic) bond motifs is 1.